The molecule has 1 heterocycles. The van der Waals surface area contributed by atoms with E-state index in [1.165, 1.54) is 56.7 Å². The number of esters is 1. The van der Waals surface area contributed by atoms with E-state index in [4.69, 9.17) is 32.7 Å². The van der Waals surface area contributed by atoms with E-state index >= 15 is 0 Å². The Kier molecular flexibility index (Phi) is 9.70. The normalized spacial score (nSPS) is 14.0. The Balaban J connectivity index is 1.54. The van der Waals surface area contributed by atoms with Gasteiger partial charge in [-0.2, -0.15) is 0 Å². The predicted octanol–water partition coefficient (Wildman–Crippen LogP) is 5.08. The third kappa shape index (κ3) is 6.83. The van der Waals surface area contributed by atoms with Gasteiger partial charge in [-0.25, -0.2) is 14.5 Å². The van der Waals surface area contributed by atoms with Crippen molar-refractivity contribution in [3.8, 4) is 11.5 Å². The number of benzene rings is 3. The van der Waals surface area contributed by atoms with Gasteiger partial charge in [-0.1, -0.05) is 23.2 Å². The van der Waals surface area contributed by atoms with E-state index in [2.05, 4.69) is 15.4 Å². The maximum Gasteiger partial charge on any atom is 0.337 e. The number of urea groups is 1. The van der Waals surface area contributed by atoms with E-state index in [1.54, 1.807) is 18.2 Å². The van der Waals surface area contributed by atoms with Gasteiger partial charge >= 0.3 is 12.0 Å². The third-order valence-corrected chi connectivity index (χ3v) is 7.30. The lowest BCUT2D eigenvalue weighted by Crippen LogP contribution is -2.54. The largest absolute Gasteiger partial charge is 0.493 e. The van der Waals surface area contributed by atoms with Gasteiger partial charge in [0.2, 0.25) is 0 Å². The molecule has 42 heavy (non-hydrogen) atoms. The van der Waals surface area contributed by atoms with Gasteiger partial charge in [-0.3, -0.25) is 19.7 Å². The van der Waals surface area contributed by atoms with Gasteiger partial charge in [0, 0.05) is 5.69 Å². The molecule has 0 aliphatic carbocycles. The fourth-order valence-corrected chi connectivity index (χ4v) is 4.87. The number of carbonyl (C=O) groups excluding carboxylic acids is 5. The van der Waals surface area contributed by atoms with E-state index in [-0.39, 0.29) is 40.0 Å². The van der Waals surface area contributed by atoms with Crippen molar-refractivity contribution in [1.82, 2.24) is 5.32 Å². The zero-order chi connectivity index (χ0) is 30.6. The minimum Gasteiger partial charge on any atom is -0.493 e. The van der Waals surface area contributed by atoms with Crippen molar-refractivity contribution in [2.75, 3.05) is 31.0 Å². The van der Waals surface area contributed by atoms with Crippen molar-refractivity contribution in [2.45, 2.75) is 0 Å². The molecule has 1 fully saturated rings. The lowest BCUT2D eigenvalue weighted by molar-refractivity contribution is -0.122. The second-order valence-corrected chi connectivity index (χ2v) is 10.5. The molecule has 1 aliphatic heterocycles. The van der Waals surface area contributed by atoms with Crippen LogP contribution in [-0.4, -0.2) is 50.5 Å². The molecular formula is C28H20Cl2IN3O8. The Labute approximate surface area is 262 Å². The molecule has 0 aromatic heterocycles. The molecule has 216 valence electrons. The topological polar surface area (TPSA) is 140 Å². The number of methoxy groups -OCH3 is 2. The molecule has 1 saturated heterocycles. The van der Waals surface area contributed by atoms with Gasteiger partial charge in [0.25, 0.3) is 17.7 Å². The summed E-state index contributed by atoms with van der Waals surface area (Å²) >= 11 is 13.8. The second-order valence-electron chi connectivity index (χ2n) is 8.50. The number of imide groups is 2. The number of carbonyl (C=O) groups is 5. The lowest BCUT2D eigenvalue weighted by Gasteiger charge is -2.26. The van der Waals surface area contributed by atoms with E-state index in [9.17, 15) is 24.0 Å². The Bertz CT molecular complexity index is 1640. The molecule has 3 aromatic rings. The van der Waals surface area contributed by atoms with Crippen molar-refractivity contribution >= 4 is 93.0 Å². The fourth-order valence-electron chi connectivity index (χ4n) is 3.79. The monoisotopic (exact) mass is 723 g/mol. The SMILES string of the molecule is COC(=O)c1ccc(N2C(=O)NC(=O)/C(=C/c3cc(I)c(OCC(=O)Nc4ccc(Cl)c(Cl)c4)c(OC)c3)C2=O)cc1. The second kappa shape index (κ2) is 13.2. The van der Waals surface area contributed by atoms with Gasteiger partial charge < -0.3 is 19.5 Å². The summed E-state index contributed by atoms with van der Waals surface area (Å²) in [6, 6.07) is 12.4. The predicted molar refractivity (Wildman–Crippen MR) is 163 cm³/mol. The van der Waals surface area contributed by atoms with E-state index in [0.717, 1.165) is 4.90 Å². The number of ether oxygens (including phenoxy) is 3. The average Bonchev–Trinajstić information content (AvgIpc) is 2.96. The number of hydrogen-bond acceptors (Lipinski definition) is 8. The first-order valence-electron chi connectivity index (χ1n) is 11.9. The van der Waals surface area contributed by atoms with E-state index < -0.39 is 29.7 Å². The summed E-state index contributed by atoms with van der Waals surface area (Å²) in [5, 5.41) is 5.42. The lowest BCUT2D eigenvalue weighted by atomic mass is 10.1. The zero-order valence-electron chi connectivity index (χ0n) is 21.8. The van der Waals surface area contributed by atoms with Gasteiger partial charge in [0.1, 0.15) is 5.57 Å². The molecule has 0 bridgehead atoms. The van der Waals surface area contributed by atoms with Crippen molar-refractivity contribution < 1.29 is 38.2 Å². The Hall–Kier alpha value is -4.14. The molecule has 0 spiro atoms. The smallest absolute Gasteiger partial charge is 0.337 e. The van der Waals surface area contributed by atoms with Crippen molar-refractivity contribution in [2.24, 2.45) is 0 Å². The molecule has 2 N–H and O–H groups in total. The zero-order valence-corrected chi connectivity index (χ0v) is 25.5. The molecule has 0 radical (unpaired) electrons. The van der Waals surface area contributed by atoms with E-state index in [1.807, 2.05) is 22.6 Å². The van der Waals surface area contributed by atoms with Crippen molar-refractivity contribution in [3.63, 3.8) is 0 Å². The Morgan fingerprint density at radius 3 is 2.36 bits per heavy atom. The maximum absolute atomic E-state index is 13.3. The van der Waals surface area contributed by atoms with Crippen LogP contribution in [0.25, 0.3) is 6.08 Å². The standard InChI is InChI=1S/C28H20Cl2IN3O8/c1-40-22-11-14(10-21(31)24(22)42-13-23(35)32-16-5-8-19(29)20(30)12-16)9-18-25(36)33-28(39)34(26(18)37)17-6-3-15(4-7-17)27(38)41-2/h3-12H,13H2,1-2H3,(H,32,35)(H,33,36,39)/b18-9-. The van der Waals surface area contributed by atoms with Crippen LogP contribution >= 0.6 is 45.8 Å². The average molecular weight is 724 g/mol. The molecule has 1 aliphatic rings. The van der Waals surface area contributed by atoms with Crippen LogP contribution in [0.4, 0.5) is 16.2 Å². The molecule has 11 nitrogen and oxygen atoms in total. The van der Waals surface area contributed by atoms with Crippen LogP contribution in [0.3, 0.4) is 0 Å². The van der Waals surface area contributed by atoms with Gasteiger partial charge in [0.15, 0.2) is 18.1 Å². The highest BCUT2D eigenvalue weighted by Gasteiger charge is 2.37. The van der Waals surface area contributed by atoms with Crippen LogP contribution in [0.2, 0.25) is 10.0 Å². The summed E-state index contributed by atoms with van der Waals surface area (Å²) in [7, 11) is 2.62. The molecule has 5 amide bonds. The summed E-state index contributed by atoms with van der Waals surface area (Å²) in [5.74, 6) is -2.33. The Morgan fingerprint density at radius 1 is 1.00 bits per heavy atom. The molecule has 0 saturated carbocycles. The molecule has 0 unspecified atom stereocenters. The summed E-state index contributed by atoms with van der Waals surface area (Å²) in [6.07, 6.45) is 1.30. The van der Waals surface area contributed by atoms with Gasteiger partial charge in [-0.15, -0.1) is 0 Å². The quantitative estimate of drug-likeness (QED) is 0.142. The number of barbiturate groups is 1. The number of amides is 5. The number of hydrogen-bond donors (Lipinski definition) is 2. The van der Waals surface area contributed by atoms with Crippen LogP contribution in [0, 0.1) is 3.57 Å². The molecule has 4 rings (SSSR count). The molecule has 0 atom stereocenters. The van der Waals surface area contributed by atoms with Crippen molar-refractivity contribution in [3.05, 3.63) is 84.9 Å². The summed E-state index contributed by atoms with van der Waals surface area (Å²) in [4.78, 5) is 63.4. The van der Waals surface area contributed by atoms with Crippen LogP contribution < -0.4 is 25.0 Å². The fraction of sp³-hybridized carbons (Fsp3) is 0.107. The van der Waals surface area contributed by atoms with Crippen LogP contribution in [0.5, 0.6) is 11.5 Å². The number of halogens is 3. The first-order valence-corrected chi connectivity index (χ1v) is 13.7. The number of rotatable bonds is 8. The molecule has 3 aromatic carbocycles. The highest BCUT2D eigenvalue weighted by Crippen LogP contribution is 2.35. The highest BCUT2D eigenvalue weighted by molar-refractivity contribution is 14.1. The minimum absolute atomic E-state index is 0.138. The summed E-state index contributed by atoms with van der Waals surface area (Å²) in [5.41, 5.74) is 0.855. The van der Waals surface area contributed by atoms with Crippen molar-refractivity contribution in [1.29, 1.82) is 0 Å². The van der Waals surface area contributed by atoms with Gasteiger partial charge in [-0.05, 0) is 88.8 Å². The van der Waals surface area contributed by atoms with Crippen LogP contribution in [-0.2, 0) is 19.1 Å². The van der Waals surface area contributed by atoms with Crippen LogP contribution in [0.1, 0.15) is 15.9 Å². The minimum atomic E-state index is -0.942. The first kappa shape index (κ1) is 30.8. The number of anilines is 2. The molecular weight excluding hydrogens is 704 g/mol. The Morgan fingerprint density at radius 2 is 1.71 bits per heavy atom. The number of nitrogens with zero attached hydrogens (tertiary/aromatic N) is 1. The van der Waals surface area contributed by atoms with E-state index in [0.29, 0.717) is 19.8 Å². The third-order valence-electron chi connectivity index (χ3n) is 5.76. The summed E-state index contributed by atoms with van der Waals surface area (Å²) < 4.78 is 16.3. The highest BCUT2D eigenvalue weighted by atomic mass is 127. The summed E-state index contributed by atoms with van der Waals surface area (Å²) in [6.45, 7) is -0.361. The number of nitrogens with one attached hydrogen (secondary N) is 2. The first-order chi connectivity index (χ1) is 20.0. The molecule has 14 heteroatoms. The van der Waals surface area contributed by atoms with Crippen LogP contribution in [0.15, 0.2) is 60.2 Å². The maximum atomic E-state index is 13.3. The van der Waals surface area contributed by atoms with Gasteiger partial charge in [0.05, 0.1) is 39.1 Å².